The Morgan fingerprint density at radius 1 is 1.35 bits per heavy atom. The van der Waals surface area contributed by atoms with Gasteiger partial charge in [0.2, 0.25) is 0 Å². The lowest BCUT2D eigenvalue weighted by Crippen LogP contribution is -2.14. The number of aromatic nitrogens is 2. The molecule has 0 aliphatic heterocycles. The van der Waals surface area contributed by atoms with Crippen molar-refractivity contribution in [3.05, 3.63) is 45.7 Å². The van der Waals surface area contributed by atoms with Crippen LogP contribution in [0.2, 0.25) is 0 Å². The minimum absolute atomic E-state index is 0.134. The lowest BCUT2D eigenvalue weighted by atomic mass is 9.94. The third-order valence-electron chi connectivity index (χ3n) is 3.33. The molecule has 102 valence electrons. The quantitative estimate of drug-likeness (QED) is 0.916. The van der Waals surface area contributed by atoms with Crippen molar-refractivity contribution in [3.8, 4) is 5.69 Å². The Hall–Kier alpha value is -1.95. The molecule has 1 aliphatic carbocycles. The van der Waals surface area contributed by atoms with Crippen molar-refractivity contribution in [3.63, 3.8) is 0 Å². The highest BCUT2D eigenvalue weighted by Gasteiger charge is 2.30. The molecule has 3 rings (SSSR count). The van der Waals surface area contributed by atoms with E-state index in [-0.39, 0.29) is 17.0 Å². The number of fused-ring (bicyclic) bond motifs is 1. The first-order valence-electron chi connectivity index (χ1n) is 6.22. The molecular weight excluding hydrogens is 324 g/mol. The number of hydrogen-bond donors (Lipinski definition) is 1. The highest BCUT2D eigenvalue weighted by atomic mass is 79.9. The van der Waals surface area contributed by atoms with E-state index in [2.05, 4.69) is 21.0 Å². The van der Waals surface area contributed by atoms with Crippen molar-refractivity contribution in [1.82, 2.24) is 9.78 Å². The van der Waals surface area contributed by atoms with Crippen LogP contribution >= 0.6 is 15.9 Å². The molecule has 20 heavy (non-hydrogen) atoms. The normalized spacial score (nSPS) is 14.2. The molecule has 2 aromatic rings. The molecule has 0 fully saturated rings. The number of carbonyl (C=O) groups excluding carboxylic acids is 1. The summed E-state index contributed by atoms with van der Waals surface area (Å²) in [7, 11) is 0. The minimum Gasteiger partial charge on any atom is -0.476 e. The van der Waals surface area contributed by atoms with Gasteiger partial charge in [-0.2, -0.15) is 5.10 Å². The summed E-state index contributed by atoms with van der Waals surface area (Å²) in [6, 6.07) is 7.40. The molecule has 0 amide bonds. The second kappa shape index (κ2) is 4.86. The topological polar surface area (TPSA) is 72.2 Å². The van der Waals surface area contributed by atoms with Crippen LogP contribution in [-0.2, 0) is 6.42 Å². The highest BCUT2D eigenvalue weighted by molar-refractivity contribution is 9.10. The molecule has 0 bridgehead atoms. The summed E-state index contributed by atoms with van der Waals surface area (Å²) in [4.78, 5) is 23.3. The summed E-state index contributed by atoms with van der Waals surface area (Å²) in [5.41, 5.74) is 1.56. The van der Waals surface area contributed by atoms with E-state index >= 15 is 0 Å². The van der Waals surface area contributed by atoms with Gasteiger partial charge >= 0.3 is 5.97 Å². The Balaban J connectivity index is 2.25. The van der Waals surface area contributed by atoms with E-state index in [1.54, 1.807) is 4.68 Å². The zero-order chi connectivity index (χ0) is 14.3. The van der Waals surface area contributed by atoms with Crippen LogP contribution in [0, 0.1) is 0 Å². The highest BCUT2D eigenvalue weighted by Crippen LogP contribution is 2.27. The number of carboxylic acid groups (broad SMARTS) is 1. The van der Waals surface area contributed by atoms with Crippen molar-refractivity contribution >= 4 is 27.7 Å². The third-order valence-corrected chi connectivity index (χ3v) is 3.83. The van der Waals surface area contributed by atoms with Gasteiger partial charge in [0.1, 0.15) is 0 Å². The van der Waals surface area contributed by atoms with Crippen molar-refractivity contribution in [2.24, 2.45) is 0 Å². The lowest BCUT2D eigenvalue weighted by molar-refractivity contribution is 0.0684. The van der Waals surface area contributed by atoms with Gasteiger partial charge in [-0.3, -0.25) is 4.79 Å². The van der Waals surface area contributed by atoms with E-state index in [1.807, 2.05) is 24.3 Å². The standard InChI is InChI=1S/C14H11BrN2O3/c15-8-3-1-4-9(7-8)17-10-5-2-6-11(18)12(10)13(16-17)14(19)20/h1,3-4,7H,2,5-6H2,(H,19,20). The fraction of sp³-hybridized carbons (Fsp3) is 0.214. The fourth-order valence-corrected chi connectivity index (χ4v) is 2.88. The Kier molecular flexibility index (Phi) is 3.17. The Labute approximate surface area is 123 Å². The predicted molar refractivity (Wildman–Crippen MR) is 75.5 cm³/mol. The Morgan fingerprint density at radius 2 is 2.15 bits per heavy atom. The molecule has 0 saturated carbocycles. The summed E-state index contributed by atoms with van der Waals surface area (Å²) < 4.78 is 2.44. The van der Waals surface area contributed by atoms with Crippen molar-refractivity contribution in [2.75, 3.05) is 0 Å². The molecule has 0 atom stereocenters. The average Bonchev–Trinajstić information content (AvgIpc) is 2.80. The molecule has 1 aromatic heterocycles. The molecule has 0 saturated heterocycles. The fourth-order valence-electron chi connectivity index (χ4n) is 2.49. The van der Waals surface area contributed by atoms with E-state index in [4.69, 9.17) is 0 Å². The first kappa shape index (κ1) is 13.1. The van der Waals surface area contributed by atoms with Crippen LogP contribution in [0.1, 0.15) is 39.4 Å². The maximum Gasteiger partial charge on any atom is 0.357 e. The van der Waals surface area contributed by atoms with Gasteiger partial charge in [-0.25, -0.2) is 9.48 Å². The molecule has 5 nitrogen and oxygen atoms in total. The first-order valence-corrected chi connectivity index (χ1v) is 7.01. The molecule has 0 unspecified atom stereocenters. The number of benzene rings is 1. The summed E-state index contributed by atoms with van der Waals surface area (Å²) in [6.07, 6.45) is 1.77. The minimum atomic E-state index is -1.16. The van der Waals surface area contributed by atoms with Gasteiger partial charge in [-0.1, -0.05) is 22.0 Å². The second-order valence-corrected chi connectivity index (χ2v) is 5.56. The number of aromatic carboxylic acids is 1. The molecule has 1 aliphatic rings. The summed E-state index contributed by atoms with van der Waals surface area (Å²) in [5.74, 6) is -1.30. The zero-order valence-electron chi connectivity index (χ0n) is 10.5. The number of ketones is 1. The lowest BCUT2D eigenvalue weighted by Gasteiger charge is -2.13. The van der Waals surface area contributed by atoms with Crippen LogP contribution in [0.4, 0.5) is 0 Å². The molecule has 0 radical (unpaired) electrons. The maximum atomic E-state index is 12.0. The number of carbonyl (C=O) groups is 2. The Morgan fingerprint density at radius 3 is 2.85 bits per heavy atom. The maximum absolute atomic E-state index is 12.0. The zero-order valence-corrected chi connectivity index (χ0v) is 12.1. The van der Waals surface area contributed by atoms with Crippen LogP contribution in [0.3, 0.4) is 0 Å². The SMILES string of the molecule is O=C(O)c1nn(-c2cccc(Br)c2)c2c1C(=O)CCC2. The van der Waals surface area contributed by atoms with Crippen LogP contribution in [0.15, 0.2) is 28.7 Å². The van der Waals surface area contributed by atoms with E-state index < -0.39 is 5.97 Å². The van der Waals surface area contributed by atoms with E-state index in [0.717, 1.165) is 16.6 Å². The largest absolute Gasteiger partial charge is 0.476 e. The summed E-state index contributed by atoms with van der Waals surface area (Å²) in [5, 5.41) is 13.4. The van der Waals surface area contributed by atoms with E-state index in [1.165, 1.54) is 0 Å². The van der Waals surface area contributed by atoms with Crippen molar-refractivity contribution in [2.45, 2.75) is 19.3 Å². The second-order valence-electron chi connectivity index (χ2n) is 4.64. The summed E-state index contributed by atoms with van der Waals surface area (Å²) >= 11 is 3.38. The smallest absolute Gasteiger partial charge is 0.357 e. The summed E-state index contributed by atoms with van der Waals surface area (Å²) in [6.45, 7) is 0. The molecule has 1 heterocycles. The molecule has 0 spiro atoms. The molecule has 1 N–H and O–H groups in total. The van der Waals surface area contributed by atoms with Gasteiger partial charge in [0.25, 0.3) is 0 Å². The van der Waals surface area contributed by atoms with Gasteiger partial charge < -0.3 is 5.11 Å². The number of nitrogens with zero attached hydrogens (tertiary/aromatic N) is 2. The van der Waals surface area contributed by atoms with Crippen LogP contribution in [0.25, 0.3) is 5.69 Å². The molecule has 1 aromatic carbocycles. The average molecular weight is 335 g/mol. The van der Waals surface area contributed by atoms with Crippen LogP contribution in [0.5, 0.6) is 0 Å². The van der Waals surface area contributed by atoms with Crippen LogP contribution in [-0.4, -0.2) is 26.6 Å². The number of carboxylic acids is 1. The van der Waals surface area contributed by atoms with Crippen molar-refractivity contribution < 1.29 is 14.7 Å². The first-order chi connectivity index (χ1) is 9.58. The van der Waals surface area contributed by atoms with Gasteiger partial charge in [-0.05, 0) is 31.0 Å². The van der Waals surface area contributed by atoms with Gasteiger partial charge in [0.05, 0.1) is 16.9 Å². The van der Waals surface area contributed by atoms with Gasteiger partial charge in [0, 0.05) is 10.9 Å². The number of Topliss-reactive ketones (excluding diaryl/α,β-unsaturated/α-hetero) is 1. The van der Waals surface area contributed by atoms with Crippen LogP contribution < -0.4 is 0 Å². The monoisotopic (exact) mass is 334 g/mol. The third kappa shape index (κ3) is 2.06. The molecular formula is C14H11BrN2O3. The molecule has 6 heteroatoms. The number of halogens is 1. The Bertz CT molecular complexity index is 721. The number of hydrogen-bond acceptors (Lipinski definition) is 3. The van der Waals surface area contributed by atoms with Gasteiger partial charge in [0.15, 0.2) is 11.5 Å². The number of rotatable bonds is 2. The van der Waals surface area contributed by atoms with Gasteiger partial charge in [-0.15, -0.1) is 0 Å². The predicted octanol–water partition coefficient (Wildman–Crippen LogP) is 2.85. The van der Waals surface area contributed by atoms with E-state index in [9.17, 15) is 14.7 Å². The van der Waals surface area contributed by atoms with Crippen molar-refractivity contribution in [1.29, 1.82) is 0 Å². The van der Waals surface area contributed by atoms with E-state index in [0.29, 0.717) is 18.5 Å².